The Kier molecular flexibility index (Phi) is 5.14. The molecule has 3 nitrogen and oxygen atoms in total. The number of fused-ring (bicyclic) bond motifs is 1. The highest BCUT2D eigenvalue weighted by Gasteiger charge is 2.32. The number of para-hydroxylation sites is 1. The summed E-state index contributed by atoms with van der Waals surface area (Å²) in [6, 6.07) is 8.43. The molecular weight excluding hydrogens is 372 g/mol. The van der Waals surface area contributed by atoms with E-state index in [2.05, 4.69) is 25.5 Å². The van der Waals surface area contributed by atoms with Crippen molar-refractivity contribution in [1.29, 1.82) is 0 Å². The van der Waals surface area contributed by atoms with E-state index >= 15 is 0 Å². The predicted octanol–water partition coefficient (Wildman–Crippen LogP) is 5.85. The third-order valence-corrected chi connectivity index (χ3v) is 4.32. The summed E-state index contributed by atoms with van der Waals surface area (Å²) in [5.74, 6) is -1.07. The monoisotopic (exact) mass is 394 g/mol. The SMILES string of the molecule is CC(C)(C)Cn1cc(CN)c2cc(F)c(-c3ccccc3OC(F)(F)F)cc21. The number of benzene rings is 2. The molecule has 0 saturated heterocycles. The number of nitrogens with zero attached hydrogens (tertiary/aromatic N) is 1. The zero-order valence-corrected chi connectivity index (χ0v) is 15.9. The number of rotatable bonds is 4. The number of alkyl halides is 3. The minimum Gasteiger partial charge on any atom is -0.405 e. The van der Waals surface area contributed by atoms with Crippen LogP contribution in [0, 0.1) is 11.2 Å². The minimum atomic E-state index is -4.87. The summed E-state index contributed by atoms with van der Waals surface area (Å²) >= 11 is 0. The van der Waals surface area contributed by atoms with Crippen LogP contribution in [0.4, 0.5) is 17.6 Å². The van der Waals surface area contributed by atoms with Crippen molar-refractivity contribution >= 4 is 10.9 Å². The molecule has 0 radical (unpaired) electrons. The lowest BCUT2D eigenvalue weighted by molar-refractivity contribution is -0.274. The Hall–Kier alpha value is -2.54. The molecule has 0 amide bonds. The van der Waals surface area contributed by atoms with E-state index in [0.717, 1.165) is 5.56 Å². The van der Waals surface area contributed by atoms with Gasteiger partial charge in [-0.2, -0.15) is 0 Å². The van der Waals surface area contributed by atoms with Gasteiger partial charge in [0.1, 0.15) is 11.6 Å². The van der Waals surface area contributed by atoms with E-state index in [-0.39, 0.29) is 23.1 Å². The van der Waals surface area contributed by atoms with Crippen LogP contribution in [-0.4, -0.2) is 10.9 Å². The Morgan fingerprint density at radius 3 is 2.32 bits per heavy atom. The van der Waals surface area contributed by atoms with Gasteiger partial charge in [0.15, 0.2) is 0 Å². The second-order valence-corrected chi connectivity index (χ2v) is 7.94. The van der Waals surface area contributed by atoms with Crippen molar-refractivity contribution in [3.63, 3.8) is 0 Å². The lowest BCUT2D eigenvalue weighted by Gasteiger charge is -2.20. The molecule has 2 aromatic carbocycles. The van der Waals surface area contributed by atoms with Crippen LogP contribution in [0.2, 0.25) is 0 Å². The van der Waals surface area contributed by atoms with Gasteiger partial charge in [0.05, 0.1) is 0 Å². The molecule has 0 spiro atoms. The maximum absolute atomic E-state index is 14.9. The number of halogens is 4. The van der Waals surface area contributed by atoms with Gasteiger partial charge in [0.2, 0.25) is 0 Å². The Balaban J connectivity index is 2.21. The van der Waals surface area contributed by atoms with Gasteiger partial charge in [-0.15, -0.1) is 13.2 Å². The van der Waals surface area contributed by atoms with Crippen molar-refractivity contribution < 1.29 is 22.3 Å². The summed E-state index contributed by atoms with van der Waals surface area (Å²) in [5.41, 5.74) is 7.34. The molecular formula is C21H22F4N2O. The van der Waals surface area contributed by atoms with Crippen molar-refractivity contribution in [2.24, 2.45) is 11.1 Å². The number of aromatic nitrogens is 1. The highest BCUT2D eigenvalue weighted by molar-refractivity contribution is 5.89. The van der Waals surface area contributed by atoms with Gasteiger partial charge in [0.25, 0.3) is 0 Å². The molecule has 7 heteroatoms. The van der Waals surface area contributed by atoms with Crippen LogP contribution in [0.15, 0.2) is 42.6 Å². The van der Waals surface area contributed by atoms with Gasteiger partial charge >= 0.3 is 6.36 Å². The number of nitrogens with two attached hydrogens (primary N) is 1. The van der Waals surface area contributed by atoms with E-state index in [1.54, 1.807) is 12.1 Å². The fourth-order valence-electron chi connectivity index (χ4n) is 3.30. The van der Waals surface area contributed by atoms with Crippen molar-refractivity contribution in [3.8, 4) is 16.9 Å². The zero-order chi connectivity index (χ0) is 20.7. The average Bonchev–Trinajstić information content (AvgIpc) is 2.88. The molecule has 3 rings (SSSR count). The molecule has 3 aromatic rings. The van der Waals surface area contributed by atoms with Crippen LogP contribution in [-0.2, 0) is 13.1 Å². The van der Waals surface area contributed by atoms with Gasteiger partial charge in [-0.05, 0) is 29.2 Å². The second kappa shape index (κ2) is 7.13. The van der Waals surface area contributed by atoms with Crippen LogP contribution >= 0.6 is 0 Å². The van der Waals surface area contributed by atoms with E-state index < -0.39 is 17.9 Å². The number of ether oxygens (including phenoxy) is 1. The highest BCUT2D eigenvalue weighted by atomic mass is 19.4. The van der Waals surface area contributed by atoms with Crippen LogP contribution in [0.3, 0.4) is 0 Å². The van der Waals surface area contributed by atoms with Gasteiger partial charge in [-0.1, -0.05) is 39.0 Å². The van der Waals surface area contributed by atoms with Crippen molar-refractivity contribution in [1.82, 2.24) is 4.57 Å². The Morgan fingerprint density at radius 2 is 1.71 bits per heavy atom. The normalized spacial score (nSPS) is 12.6. The molecule has 0 aliphatic carbocycles. The molecule has 0 atom stereocenters. The van der Waals surface area contributed by atoms with E-state index in [4.69, 9.17) is 5.73 Å². The highest BCUT2D eigenvalue weighted by Crippen LogP contribution is 2.38. The van der Waals surface area contributed by atoms with Crippen LogP contribution in [0.25, 0.3) is 22.0 Å². The fraction of sp³-hybridized carbons (Fsp3) is 0.333. The molecule has 1 heterocycles. The van der Waals surface area contributed by atoms with Crippen molar-refractivity contribution in [2.75, 3.05) is 0 Å². The quantitative estimate of drug-likeness (QED) is 0.564. The Bertz CT molecular complexity index is 1000. The van der Waals surface area contributed by atoms with Crippen LogP contribution in [0.1, 0.15) is 26.3 Å². The van der Waals surface area contributed by atoms with E-state index in [1.165, 1.54) is 24.3 Å². The van der Waals surface area contributed by atoms with Crippen molar-refractivity contribution in [2.45, 2.75) is 40.2 Å². The fourth-order valence-corrected chi connectivity index (χ4v) is 3.30. The number of hydrogen-bond donors (Lipinski definition) is 1. The summed E-state index contributed by atoms with van der Waals surface area (Å²) in [7, 11) is 0. The molecule has 150 valence electrons. The summed E-state index contributed by atoms with van der Waals surface area (Å²) in [6.07, 6.45) is -2.99. The molecule has 0 unspecified atom stereocenters. The lowest BCUT2D eigenvalue weighted by Crippen LogP contribution is -2.17. The molecule has 2 N–H and O–H groups in total. The standard InChI is InChI=1S/C21H22F4N2O/c1-20(2,3)12-27-11-13(10-26)15-8-17(22)16(9-18(15)27)14-6-4-5-7-19(14)28-21(23,24)25/h4-9,11H,10,12,26H2,1-3H3. The van der Waals surface area contributed by atoms with Crippen LogP contribution in [0.5, 0.6) is 5.75 Å². The molecule has 0 aliphatic rings. The summed E-state index contributed by atoms with van der Waals surface area (Å²) in [5, 5.41) is 0.655. The van der Waals surface area contributed by atoms with Gasteiger partial charge in [-0.3, -0.25) is 0 Å². The maximum atomic E-state index is 14.9. The Morgan fingerprint density at radius 1 is 1.04 bits per heavy atom. The molecule has 0 aliphatic heterocycles. The first kappa shape index (κ1) is 20.2. The molecule has 0 fully saturated rings. The summed E-state index contributed by atoms with van der Waals surface area (Å²) in [6.45, 7) is 7.09. The second-order valence-electron chi connectivity index (χ2n) is 7.94. The third-order valence-electron chi connectivity index (χ3n) is 4.32. The van der Waals surface area contributed by atoms with Gasteiger partial charge in [-0.25, -0.2) is 4.39 Å². The first-order valence-electron chi connectivity index (χ1n) is 8.85. The smallest absolute Gasteiger partial charge is 0.405 e. The van der Waals surface area contributed by atoms with E-state index in [1.807, 2.05) is 10.8 Å². The topological polar surface area (TPSA) is 40.2 Å². The molecule has 0 bridgehead atoms. The first-order chi connectivity index (χ1) is 13.0. The lowest BCUT2D eigenvalue weighted by atomic mass is 9.96. The predicted molar refractivity (Wildman–Crippen MR) is 101 cm³/mol. The van der Waals surface area contributed by atoms with E-state index in [0.29, 0.717) is 17.4 Å². The third kappa shape index (κ3) is 4.30. The first-order valence-corrected chi connectivity index (χ1v) is 8.85. The molecule has 28 heavy (non-hydrogen) atoms. The minimum absolute atomic E-state index is 0.0389. The van der Waals surface area contributed by atoms with Crippen molar-refractivity contribution in [3.05, 3.63) is 54.0 Å². The van der Waals surface area contributed by atoms with Gasteiger partial charge < -0.3 is 15.0 Å². The maximum Gasteiger partial charge on any atom is 0.573 e. The average molecular weight is 394 g/mol. The number of hydrogen-bond acceptors (Lipinski definition) is 2. The zero-order valence-electron chi connectivity index (χ0n) is 15.9. The molecule has 1 aromatic heterocycles. The largest absolute Gasteiger partial charge is 0.573 e. The van der Waals surface area contributed by atoms with Crippen LogP contribution < -0.4 is 10.5 Å². The van der Waals surface area contributed by atoms with Gasteiger partial charge in [0, 0.05) is 41.3 Å². The Labute approximate surface area is 160 Å². The molecule has 0 saturated carbocycles. The summed E-state index contributed by atoms with van der Waals surface area (Å²) < 4.78 is 59.2. The van der Waals surface area contributed by atoms with E-state index in [9.17, 15) is 17.6 Å². The summed E-state index contributed by atoms with van der Waals surface area (Å²) in [4.78, 5) is 0.